The number of rotatable bonds is 13. The van der Waals surface area contributed by atoms with Crippen molar-refractivity contribution in [2.75, 3.05) is 82.2 Å². The molecule has 0 amide bonds. The minimum Gasteiger partial charge on any atom is -0.480 e. The molecule has 14 nitrogen and oxygen atoms in total. The lowest BCUT2D eigenvalue weighted by Gasteiger charge is -2.32. The van der Waals surface area contributed by atoms with E-state index in [0.717, 1.165) is 32.2 Å². The van der Waals surface area contributed by atoms with Crippen LogP contribution in [-0.4, -0.2) is 118 Å². The molecule has 0 bridgehead atoms. The number of halogens is 1. The molecule has 0 aliphatic carbocycles. The minimum atomic E-state index is -3.65. The second-order valence-corrected chi connectivity index (χ2v) is 12.6. The fourth-order valence-electron chi connectivity index (χ4n) is 5.42. The molecule has 0 atom stereocenters. The summed E-state index contributed by atoms with van der Waals surface area (Å²) in [6.45, 7) is 4.26. The average Bonchev–Trinajstić information content (AvgIpc) is 3.01. The fraction of sp³-hybridized carbons (Fsp3) is 0.517. The summed E-state index contributed by atoms with van der Waals surface area (Å²) in [7, 11) is -2.26. The first-order valence-electron chi connectivity index (χ1n) is 14.6. The maximum atomic E-state index is 15.2. The van der Waals surface area contributed by atoms with Crippen LogP contribution in [0.1, 0.15) is 18.4 Å². The van der Waals surface area contributed by atoms with Gasteiger partial charge in [0, 0.05) is 49.9 Å². The Bertz CT molecular complexity index is 1610. The number of hydrogen-bond acceptors (Lipinski definition) is 12. The number of ether oxygens (including phenoxy) is 4. The van der Waals surface area contributed by atoms with Gasteiger partial charge in [-0.15, -0.1) is 0 Å². The number of carboxylic acid groups (broad SMARTS) is 1. The van der Waals surface area contributed by atoms with Gasteiger partial charge in [0.05, 0.1) is 57.1 Å². The number of nitrogens with one attached hydrogen (secondary N) is 1. The second-order valence-electron chi connectivity index (χ2n) is 10.9. The number of carboxylic acids is 1. The summed E-state index contributed by atoms with van der Waals surface area (Å²) in [6, 6.07) is 4.45. The van der Waals surface area contributed by atoms with Gasteiger partial charge >= 0.3 is 5.97 Å². The summed E-state index contributed by atoms with van der Waals surface area (Å²) >= 11 is 0. The van der Waals surface area contributed by atoms with Crippen molar-refractivity contribution in [3.63, 3.8) is 0 Å². The van der Waals surface area contributed by atoms with Crippen LogP contribution in [0.25, 0.3) is 22.2 Å². The minimum absolute atomic E-state index is 0.0260. The van der Waals surface area contributed by atoms with Gasteiger partial charge in [0.2, 0.25) is 21.9 Å². The molecule has 0 radical (unpaired) electrons. The van der Waals surface area contributed by atoms with E-state index in [0.29, 0.717) is 73.1 Å². The molecule has 2 saturated heterocycles. The van der Waals surface area contributed by atoms with Crippen molar-refractivity contribution >= 4 is 38.5 Å². The molecule has 2 fully saturated rings. The first-order valence-corrected chi connectivity index (χ1v) is 16.5. The van der Waals surface area contributed by atoms with Gasteiger partial charge in [-0.25, -0.2) is 32.6 Å². The van der Waals surface area contributed by atoms with Crippen molar-refractivity contribution in [1.29, 1.82) is 0 Å². The Balaban J connectivity index is 1.44. The number of sulfonamides is 1. The number of pyridine rings is 1. The van der Waals surface area contributed by atoms with Crippen molar-refractivity contribution in [3.05, 3.63) is 35.8 Å². The molecule has 5 rings (SSSR count). The molecule has 2 N–H and O–H groups in total. The largest absolute Gasteiger partial charge is 0.480 e. The number of aliphatic carboxylic acids is 1. The number of fused-ring (bicyclic) bond motifs is 1. The van der Waals surface area contributed by atoms with Crippen LogP contribution in [0.5, 0.6) is 5.88 Å². The molecule has 0 unspecified atom stereocenters. The third-order valence-electron chi connectivity index (χ3n) is 7.47. The van der Waals surface area contributed by atoms with E-state index < -0.39 is 21.8 Å². The van der Waals surface area contributed by atoms with Crippen LogP contribution in [0.15, 0.2) is 24.4 Å². The topological polar surface area (TPSA) is 166 Å². The Labute approximate surface area is 260 Å². The normalized spacial score (nSPS) is 16.6. The summed E-state index contributed by atoms with van der Waals surface area (Å²) in [5.74, 6) is -0.920. The zero-order valence-corrected chi connectivity index (χ0v) is 26.0. The molecular formula is C29H37FN6O8S. The van der Waals surface area contributed by atoms with Gasteiger partial charge in [-0.3, -0.25) is 9.62 Å². The molecule has 2 aromatic heterocycles. The highest BCUT2D eigenvalue weighted by molar-refractivity contribution is 7.92. The molecule has 1 aromatic carbocycles. The molecule has 16 heteroatoms. The number of carbonyl (C=O) groups is 1. The fourth-order valence-corrected chi connectivity index (χ4v) is 5.97. The quantitative estimate of drug-likeness (QED) is 0.259. The van der Waals surface area contributed by atoms with E-state index in [1.54, 1.807) is 6.07 Å². The summed E-state index contributed by atoms with van der Waals surface area (Å²) in [6.07, 6.45) is 4.10. The van der Waals surface area contributed by atoms with Crippen LogP contribution in [0, 0.1) is 5.82 Å². The van der Waals surface area contributed by atoms with Crippen molar-refractivity contribution < 1.29 is 41.7 Å². The standard InChI is InChI=1S/C29H37FN6O8S/c1-41-28-24(34-45(2,39)40)14-19(16-31-28)26-23-15-21(30)13-20(27(23)33-29(32-26)36-7-9-42-10-8-36)17-35-5-3-22(4-6-35)44-12-11-43-18-25(37)38/h13-16,22,34H,3-12,17-18H2,1-2H3,(H,37,38). The second kappa shape index (κ2) is 14.6. The third kappa shape index (κ3) is 8.73. The summed E-state index contributed by atoms with van der Waals surface area (Å²) in [4.78, 5) is 28.9. The average molecular weight is 649 g/mol. The monoisotopic (exact) mass is 648 g/mol. The van der Waals surface area contributed by atoms with Gasteiger partial charge in [-0.2, -0.15) is 0 Å². The highest BCUT2D eigenvalue weighted by Gasteiger charge is 2.24. The van der Waals surface area contributed by atoms with Crippen LogP contribution in [0.4, 0.5) is 16.0 Å². The highest BCUT2D eigenvalue weighted by Crippen LogP contribution is 2.35. The van der Waals surface area contributed by atoms with E-state index in [-0.39, 0.29) is 30.9 Å². The number of benzene rings is 1. The molecule has 0 spiro atoms. The zero-order chi connectivity index (χ0) is 32.0. The van der Waals surface area contributed by atoms with Gasteiger partial charge in [0.25, 0.3) is 0 Å². The number of morpholine rings is 1. The predicted octanol–water partition coefficient (Wildman–Crippen LogP) is 2.13. The van der Waals surface area contributed by atoms with E-state index in [1.807, 2.05) is 4.90 Å². The molecule has 4 heterocycles. The van der Waals surface area contributed by atoms with Gasteiger partial charge in [-0.1, -0.05) is 0 Å². The smallest absolute Gasteiger partial charge is 0.329 e. The number of piperidine rings is 1. The van der Waals surface area contributed by atoms with Crippen molar-refractivity contribution in [1.82, 2.24) is 19.9 Å². The van der Waals surface area contributed by atoms with E-state index >= 15 is 4.39 Å². The number of hydrogen-bond donors (Lipinski definition) is 2. The first-order chi connectivity index (χ1) is 21.6. The van der Waals surface area contributed by atoms with Gasteiger partial charge in [0.1, 0.15) is 18.1 Å². The molecular weight excluding hydrogens is 611 g/mol. The van der Waals surface area contributed by atoms with Crippen LogP contribution in [0.2, 0.25) is 0 Å². The summed E-state index contributed by atoms with van der Waals surface area (Å²) < 4.78 is 63.5. The van der Waals surface area contributed by atoms with Crippen molar-refractivity contribution in [3.8, 4) is 17.1 Å². The predicted molar refractivity (Wildman–Crippen MR) is 163 cm³/mol. The summed E-state index contributed by atoms with van der Waals surface area (Å²) in [5.41, 5.74) is 2.29. The number of likely N-dealkylation sites (tertiary alicyclic amines) is 1. The number of methoxy groups -OCH3 is 1. The third-order valence-corrected chi connectivity index (χ3v) is 8.07. The molecule has 3 aromatic rings. The molecule has 0 saturated carbocycles. The van der Waals surface area contributed by atoms with Gasteiger partial charge in [0.15, 0.2) is 0 Å². The lowest BCUT2D eigenvalue weighted by atomic mass is 10.0. The maximum absolute atomic E-state index is 15.2. The Kier molecular flexibility index (Phi) is 10.6. The molecule has 244 valence electrons. The first kappa shape index (κ1) is 32.7. The van der Waals surface area contributed by atoms with E-state index in [1.165, 1.54) is 25.4 Å². The van der Waals surface area contributed by atoms with E-state index in [9.17, 15) is 13.2 Å². The number of anilines is 2. The zero-order valence-electron chi connectivity index (χ0n) is 25.2. The van der Waals surface area contributed by atoms with Gasteiger partial charge in [-0.05, 0) is 36.6 Å². The Hall–Kier alpha value is -3.70. The van der Waals surface area contributed by atoms with Crippen LogP contribution < -0.4 is 14.4 Å². The Morgan fingerprint density at radius 3 is 2.58 bits per heavy atom. The molecule has 2 aliphatic heterocycles. The summed E-state index contributed by atoms with van der Waals surface area (Å²) in [5, 5.41) is 9.15. The lowest BCUT2D eigenvalue weighted by Crippen LogP contribution is -2.38. The van der Waals surface area contributed by atoms with Crippen molar-refractivity contribution in [2.45, 2.75) is 25.5 Å². The maximum Gasteiger partial charge on any atom is 0.329 e. The van der Waals surface area contributed by atoms with E-state index in [2.05, 4.69) is 14.6 Å². The number of aromatic nitrogens is 3. The van der Waals surface area contributed by atoms with Crippen LogP contribution in [0.3, 0.4) is 0 Å². The van der Waals surface area contributed by atoms with Crippen LogP contribution in [-0.2, 0) is 35.6 Å². The molecule has 2 aliphatic rings. The SMILES string of the molecule is COc1ncc(-c2nc(N3CCOCC3)nc3c(CN4CCC(OCCOCC(=O)O)CC4)cc(F)cc23)cc1NS(C)(=O)=O. The molecule has 45 heavy (non-hydrogen) atoms. The van der Waals surface area contributed by atoms with E-state index in [4.69, 9.17) is 34.0 Å². The van der Waals surface area contributed by atoms with Gasteiger partial charge < -0.3 is 29.0 Å². The lowest BCUT2D eigenvalue weighted by molar-refractivity contribution is -0.143. The Morgan fingerprint density at radius 1 is 1.13 bits per heavy atom. The van der Waals surface area contributed by atoms with Crippen LogP contribution >= 0.6 is 0 Å². The Morgan fingerprint density at radius 2 is 1.89 bits per heavy atom. The van der Waals surface area contributed by atoms with Crippen molar-refractivity contribution in [2.24, 2.45) is 0 Å². The number of nitrogens with zero attached hydrogens (tertiary/aromatic N) is 5. The highest BCUT2D eigenvalue weighted by atomic mass is 32.2.